The van der Waals surface area contributed by atoms with Gasteiger partial charge in [-0.2, -0.15) is 0 Å². The Kier molecular flexibility index (Phi) is 6.18. The molecular weight excluding hydrogens is 372 g/mol. The number of amides is 1. The van der Waals surface area contributed by atoms with Gasteiger partial charge < -0.3 is 9.64 Å². The maximum Gasteiger partial charge on any atom is 0.316 e. The molecule has 150 valence electrons. The standard InChI is InChI=1S/C22H28N2O3S/c1-15(2)14-18-23-16(3)19(28-18)20(25)24-12-10-22(11-13-24,21(26)27-4)17-8-6-5-7-9-17/h5-9,15H,10-14H2,1-4H3. The molecule has 1 amide bonds. The Hall–Kier alpha value is -2.21. The number of esters is 1. The number of piperidine rings is 1. The number of benzene rings is 1. The molecule has 2 heterocycles. The van der Waals surface area contributed by atoms with Crippen molar-refractivity contribution in [3.8, 4) is 0 Å². The fraction of sp³-hybridized carbons (Fsp3) is 0.500. The van der Waals surface area contributed by atoms with Crippen molar-refractivity contribution in [2.24, 2.45) is 5.92 Å². The Morgan fingerprint density at radius 2 is 1.86 bits per heavy atom. The van der Waals surface area contributed by atoms with E-state index in [1.807, 2.05) is 42.2 Å². The second-order valence-corrected chi connectivity index (χ2v) is 8.94. The molecule has 5 nitrogen and oxygen atoms in total. The van der Waals surface area contributed by atoms with Crippen LogP contribution in [0.3, 0.4) is 0 Å². The van der Waals surface area contributed by atoms with Gasteiger partial charge in [0, 0.05) is 19.5 Å². The van der Waals surface area contributed by atoms with E-state index in [4.69, 9.17) is 4.74 Å². The molecule has 0 bridgehead atoms. The van der Waals surface area contributed by atoms with Crippen molar-refractivity contribution in [2.75, 3.05) is 20.2 Å². The summed E-state index contributed by atoms with van der Waals surface area (Å²) in [6.45, 7) is 7.26. The third-order valence-corrected chi connectivity index (χ3v) is 6.59. The van der Waals surface area contributed by atoms with Crippen LogP contribution in [0, 0.1) is 12.8 Å². The summed E-state index contributed by atoms with van der Waals surface area (Å²) >= 11 is 1.50. The number of carbonyl (C=O) groups excluding carboxylic acids is 2. The quantitative estimate of drug-likeness (QED) is 0.712. The maximum atomic E-state index is 13.1. The summed E-state index contributed by atoms with van der Waals surface area (Å²) in [5.41, 5.74) is 1.08. The van der Waals surface area contributed by atoms with E-state index in [1.165, 1.54) is 18.4 Å². The van der Waals surface area contributed by atoms with E-state index in [0.717, 1.165) is 27.6 Å². The van der Waals surface area contributed by atoms with Gasteiger partial charge in [0.15, 0.2) is 0 Å². The Bertz CT molecular complexity index is 837. The molecule has 0 radical (unpaired) electrons. The molecule has 1 aromatic carbocycles. The summed E-state index contributed by atoms with van der Waals surface area (Å²) < 4.78 is 5.14. The number of aromatic nitrogens is 1. The molecule has 1 aliphatic heterocycles. The lowest BCUT2D eigenvalue weighted by Crippen LogP contribution is -2.49. The van der Waals surface area contributed by atoms with E-state index in [1.54, 1.807) is 0 Å². The van der Waals surface area contributed by atoms with Crippen LogP contribution >= 0.6 is 11.3 Å². The third-order valence-electron chi connectivity index (χ3n) is 5.42. The van der Waals surface area contributed by atoms with E-state index in [2.05, 4.69) is 18.8 Å². The van der Waals surface area contributed by atoms with Crippen LogP contribution in [-0.4, -0.2) is 42.0 Å². The zero-order chi connectivity index (χ0) is 20.3. The molecule has 0 atom stereocenters. The lowest BCUT2D eigenvalue weighted by molar-refractivity contribution is -0.149. The van der Waals surface area contributed by atoms with Crippen molar-refractivity contribution in [3.05, 3.63) is 51.5 Å². The van der Waals surface area contributed by atoms with Gasteiger partial charge in [0.25, 0.3) is 5.91 Å². The first kappa shape index (κ1) is 20.5. The van der Waals surface area contributed by atoms with Crippen molar-refractivity contribution in [1.29, 1.82) is 0 Å². The summed E-state index contributed by atoms with van der Waals surface area (Å²) in [5, 5.41) is 1.01. The average Bonchev–Trinajstić information content (AvgIpc) is 3.06. The van der Waals surface area contributed by atoms with E-state index < -0.39 is 5.41 Å². The van der Waals surface area contributed by atoms with Crippen LogP contribution in [0.5, 0.6) is 0 Å². The van der Waals surface area contributed by atoms with Gasteiger partial charge in [-0.05, 0) is 31.2 Å². The molecule has 0 N–H and O–H groups in total. The number of hydrogen-bond acceptors (Lipinski definition) is 5. The van der Waals surface area contributed by atoms with Crippen molar-refractivity contribution in [1.82, 2.24) is 9.88 Å². The molecule has 1 aromatic heterocycles. The third kappa shape index (κ3) is 3.97. The predicted molar refractivity (Wildman–Crippen MR) is 111 cm³/mol. The Morgan fingerprint density at radius 1 is 1.21 bits per heavy atom. The van der Waals surface area contributed by atoms with Crippen molar-refractivity contribution >= 4 is 23.2 Å². The monoisotopic (exact) mass is 400 g/mol. The van der Waals surface area contributed by atoms with E-state index in [-0.39, 0.29) is 11.9 Å². The summed E-state index contributed by atoms with van der Waals surface area (Å²) in [5.74, 6) is 0.311. The minimum absolute atomic E-state index is 0.0246. The molecule has 0 aliphatic carbocycles. The number of nitrogens with zero attached hydrogens (tertiary/aromatic N) is 2. The van der Waals surface area contributed by atoms with Gasteiger partial charge in [-0.25, -0.2) is 4.98 Å². The van der Waals surface area contributed by atoms with Crippen molar-refractivity contribution in [2.45, 2.75) is 45.4 Å². The van der Waals surface area contributed by atoms with Gasteiger partial charge in [-0.1, -0.05) is 44.2 Å². The average molecular weight is 401 g/mol. The first-order chi connectivity index (χ1) is 13.4. The fourth-order valence-corrected chi connectivity index (χ4v) is 5.13. The van der Waals surface area contributed by atoms with E-state index in [0.29, 0.717) is 31.8 Å². The number of ether oxygens (including phenoxy) is 1. The number of aryl methyl sites for hydroxylation is 1. The normalized spacial score (nSPS) is 16.2. The van der Waals surface area contributed by atoms with Crippen LogP contribution in [0.4, 0.5) is 0 Å². The molecule has 0 unspecified atom stereocenters. The number of hydrogen-bond donors (Lipinski definition) is 0. The number of methoxy groups -OCH3 is 1. The summed E-state index contributed by atoms with van der Waals surface area (Å²) in [6.07, 6.45) is 2.01. The van der Waals surface area contributed by atoms with Gasteiger partial charge in [0.2, 0.25) is 0 Å². The predicted octanol–water partition coefficient (Wildman–Crippen LogP) is 4.00. The van der Waals surface area contributed by atoms with Crippen molar-refractivity contribution in [3.63, 3.8) is 0 Å². The second kappa shape index (κ2) is 8.43. The fourth-order valence-electron chi connectivity index (χ4n) is 3.89. The van der Waals surface area contributed by atoms with Crippen LogP contribution in [-0.2, 0) is 21.4 Å². The SMILES string of the molecule is COC(=O)C1(c2ccccc2)CCN(C(=O)c2sc(CC(C)C)nc2C)CC1. The van der Waals surface area contributed by atoms with E-state index >= 15 is 0 Å². The highest BCUT2D eigenvalue weighted by molar-refractivity contribution is 7.13. The van der Waals surface area contributed by atoms with Gasteiger partial charge in [0.1, 0.15) is 4.88 Å². The summed E-state index contributed by atoms with van der Waals surface area (Å²) in [7, 11) is 1.43. The Balaban J connectivity index is 1.77. The number of carbonyl (C=O) groups is 2. The highest BCUT2D eigenvalue weighted by Crippen LogP contribution is 2.37. The van der Waals surface area contributed by atoms with Crippen LogP contribution < -0.4 is 0 Å². The van der Waals surface area contributed by atoms with Crippen LogP contribution in [0.25, 0.3) is 0 Å². The molecule has 1 fully saturated rings. The Morgan fingerprint density at radius 3 is 2.43 bits per heavy atom. The molecule has 2 aromatic rings. The molecule has 6 heteroatoms. The lowest BCUT2D eigenvalue weighted by atomic mass is 9.72. The highest BCUT2D eigenvalue weighted by Gasteiger charge is 2.45. The zero-order valence-electron chi connectivity index (χ0n) is 17.0. The number of thiazole rings is 1. The minimum Gasteiger partial charge on any atom is -0.468 e. The van der Waals surface area contributed by atoms with Crippen molar-refractivity contribution < 1.29 is 14.3 Å². The van der Waals surface area contributed by atoms with Crippen LogP contribution in [0.15, 0.2) is 30.3 Å². The smallest absolute Gasteiger partial charge is 0.316 e. The molecule has 0 saturated carbocycles. The summed E-state index contributed by atoms with van der Waals surface area (Å²) in [6, 6.07) is 9.76. The van der Waals surface area contributed by atoms with Gasteiger partial charge in [0.05, 0.1) is 23.2 Å². The van der Waals surface area contributed by atoms with Gasteiger partial charge in [-0.15, -0.1) is 11.3 Å². The second-order valence-electron chi connectivity index (χ2n) is 7.85. The molecule has 0 spiro atoms. The lowest BCUT2D eigenvalue weighted by Gasteiger charge is -2.40. The largest absolute Gasteiger partial charge is 0.468 e. The highest BCUT2D eigenvalue weighted by atomic mass is 32.1. The van der Waals surface area contributed by atoms with Crippen LogP contribution in [0.1, 0.15) is 52.6 Å². The first-order valence-electron chi connectivity index (χ1n) is 9.77. The maximum absolute atomic E-state index is 13.1. The Labute approximate surface area is 170 Å². The van der Waals surface area contributed by atoms with Gasteiger partial charge in [-0.3, -0.25) is 9.59 Å². The van der Waals surface area contributed by atoms with Crippen LogP contribution in [0.2, 0.25) is 0 Å². The molecule has 28 heavy (non-hydrogen) atoms. The minimum atomic E-state index is -0.682. The number of rotatable bonds is 5. The molecule has 3 rings (SSSR count). The number of likely N-dealkylation sites (tertiary alicyclic amines) is 1. The molecular formula is C22H28N2O3S. The molecule has 1 saturated heterocycles. The zero-order valence-corrected chi connectivity index (χ0v) is 17.8. The molecule has 1 aliphatic rings. The van der Waals surface area contributed by atoms with E-state index in [9.17, 15) is 9.59 Å². The first-order valence-corrected chi connectivity index (χ1v) is 10.6. The van der Waals surface area contributed by atoms with Gasteiger partial charge >= 0.3 is 5.97 Å². The topological polar surface area (TPSA) is 59.5 Å². The summed E-state index contributed by atoms with van der Waals surface area (Å²) in [4.78, 5) is 32.9.